The van der Waals surface area contributed by atoms with E-state index in [1.54, 1.807) is 6.07 Å². The average Bonchev–Trinajstić information content (AvgIpc) is 2.26. The summed E-state index contributed by atoms with van der Waals surface area (Å²) in [6.07, 6.45) is 1.36. The average molecular weight is 302 g/mol. The van der Waals surface area contributed by atoms with E-state index >= 15 is 0 Å². The van der Waals surface area contributed by atoms with Crippen LogP contribution in [-0.4, -0.2) is 19.9 Å². The van der Waals surface area contributed by atoms with E-state index < -0.39 is 10.0 Å². The highest BCUT2D eigenvalue weighted by atomic mass is 79.9. The molecule has 0 bridgehead atoms. The summed E-state index contributed by atoms with van der Waals surface area (Å²) in [5.74, 6) is 0. The number of nitriles is 1. The molecule has 16 heavy (non-hydrogen) atoms. The van der Waals surface area contributed by atoms with Gasteiger partial charge in [-0.2, -0.15) is 5.26 Å². The molecule has 1 rings (SSSR count). The van der Waals surface area contributed by atoms with Crippen molar-refractivity contribution in [2.75, 3.05) is 6.54 Å². The second-order valence-corrected chi connectivity index (χ2v) is 5.66. The van der Waals surface area contributed by atoms with Crippen LogP contribution in [0, 0.1) is 11.3 Å². The lowest BCUT2D eigenvalue weighted by Gasteiger charge is -2.06. The fourth-order valence-corrected chi connectivity index (χ4v) is 2.40. The molecule has 0 fully saturated rings. The van der Waals surface area contributed by atoms with Gasteiger partial charge in [-0.15, -0.1) is 0 Å². The highest BCUT2D eigenvalue weighted by molar-refractivity contribution is 9.11. The van der Waals surface area contributed by atoms with E-state index in [1.807, 2.05) is 0 Å². The first kappa shape index (κ1) is 12.8. The normalized spacial score (nSPS) is 10.8. The number of hydrogen-bond acceptors (Lipinski definition) is 4. The van der Waals surface area contributed by atoms with Crippen LogP contribution in [0.15, 0.2) is 34.3 Å². The van der Waals surface area contributed by atoms with Crippen molar-refractivity contribution < 1.29 is 8.42 Å². The van der Waals surface area contributed by atoms with Crippen LogP contribution >= 0.6 is 15.9 Å². The van der Waals surface area contributed by atoms with Crippen LogP contribution in [-0.2, 0) is 10.0 Å². The number of nitrogens with zero attached hydrogens (tertiary/aromatic N) is 2. The first-order chi connectivity index (χ1) is 7.47. The quantitative estimate of drug-likeness (QED) is 0.904. The van der Waals surface area contributed by atoms with E-state index in [0.29, 0.717) is 4.48 Å². The maximum absolute atomic E-state index is 11.8. The van der Waals surface area contributed by atoms with E-state index in [4.69, 9.17) is 5.26 Å². The summed E-state index contributed by atoms with van der Waals surface area (Å²) >= 11 is 3.03. The molecule has 0 atom stereocenters. The number of halogens is 1. The van der Waals surface area contributed by atoms with E-state index in [-0.39, 0.29) is 17.1 Å². The van der Waals surface area contributed by atoms with Crippen molar-refractivity contribution >= 4 is 26.0 Å². The van der Waals surface area contributed by atoms with Gasteiger partial charge in [-0.25, -0.2) is 18.1 Å². The fourth-order valence-electron chi connectivity index (χ4n) is 0.942. The van der Waals surface area contributed by atoms with Gasteiger partial charge in [0, 0.05) is 17.2 Å². The highest BCUT2D eigenvalue weighted by Gasteiger charge is 2.18. The Morgan fingerprint density at radius 2 is 2.38 bits per heavy atom. The SMILES string of the molecule is C=C(Br)CNS(=O)(=O)c1cccnc1C#N. The molecule has 0 saturated carbocycles. The third-order valence-corrected chi connectivity index (χ3v) is 3.33. The van der Waals surface area contributed by atoms with Gasteiger partial charge >= 0.3 is 0 Å². The Morgan fingerprint density at radius 1 is 1.69 bits per heavy atom. The molecular weight excluding hydrogens is 294 g/mol. The molecule has 0 radical (unpaired) electrons. The molecule has 0 aliphatic carbocycles. The minimum absolute atomic E-state index is 0.0576. The standard InChI is InChI=1S/C9H8BrN3O2S/c1-7(10)6-13-16(14,15)9-3-2-4-12-8(9)5-11/h2-4,13H,1,6H2. The molecule has 0 spiro atoms. The lowest BCUT2D eigenvalue weighted by atomic mass is 10.4. The zero-order valence-electron chi connectivity index (χ0n) is 8.14. The minimum Gasteiger partial charge on any atom is -0.244 e. The lowest BCUT2D eigenvalue weighted by Crippen LogP contribution is -2.25. The molecular formula is C9H8BrN3O2S. The van der Waals surface area contributed by atoms with Gasteiger partial charge < -0.3 is 0 Å². The van der Waals surface area contributed by atoms with Crippen LogP contribution in [0.2, 0.25) is 0 Å². The first-order valence-corrected chi connectivity index (χ1v) is 6.43. The topological polar surface area (TPSA) is 82.8 Å². The highest BCUT2D eigenvalue weighted by Crippen LogP contribution is 2.12. The number of hydrogen-bond donors (Lipinski definition) is 1. The molecule has 7 heteroatoms. The maximum atomic E-state index is 11.8. The second kappa shape index (κ2) is 5.21. The predicted molar refractivity (Wildman–Crippen MR) is 62.2 cm³/mol. The minimum atomic E-state index is -3.72. The maximum Gasteiger partial charge on any atom is 0.243 e. The second-order valence-electron chi connectivity index (χ2n) is 2.80. The molecule has 0 aromatic carbocycles. The van der Waals surface area contributed by atoms with Gasteiger partial charge in [0.25, 0.3) is 0 Å². The van der Waals surface area contributed by atoms with Gasteiger partial charge in [0.05, 0.1) is 0 Å². The number of rotatable bonds is 4. The van der Waals surface area contributed by atoms with Gasteiger partial charge in [-0.3, -0.25) is 0 Å². The zero-order chi connectivity index (χ0) is 12.2. The molecule has 1 heterocycles. The summed E-state index contributed by atoms with van der Waals surface area (Å²) < 4.78 is 26.3. The monoisotopic (exact) mass is 301 g/mol. The van der Waals surface area contributed by atoms with Crippen molar-refractivity contribution in [3.63, 3.8) is 0 Å². The summed E-state index contributed by atoms with van der Waals surface area (Å²) in [5, 5.41) is 8.73. The third kappa shape index (κ3) is 3.13. The fraction of sp³-hybridized carbons (Fsp3) is 0.111. The van der Waals surface area contributed by atoms with E-state index in [2.05, 4.69) is 32.2 Å². The Balaban J connectivity index is 3.08. The molecule has 5 nitrogen and oxygen atoms in total. The Bertz CT molecular complexity index is 548. The Hall–Kier alpha value is -1.23. The van der Waals surface area contributed by atoms with Gasteiger partial charge in [-0.1, -0.05) is 22.5 Å². The number of sulfonamides is 1. The zero-order valence-corrected chi connectivity index (χ0v) is 10.5. The Kier molecular flexibility index (Phi) is 4.18. The van der Waals surface area contributed by atoms with Crippen LogP contribution in [0.25, 0.3) is 0 Å². The first-order valence-electron chi connectivity index (χ1n) is 4.15. The number of nitrogens with one attached hydrogen (secondary N) is 1. The molecule has 1 N–H and O–H groups in total. The molecule has 0 aliphatic heterocycles. The number of aromatic nitrogens is 1. The summed E-state index contributed by atoms with van der Waals surface area (Å²) in [6.45, 7) is 3.56. The lowest BCUT2D eigenvalue weighted by molar-refractivity contribution is 0.584. The van der Waals surface area contributed by atoms with Crippen molar-refractivity contribution in [1.82, 2.24) is 9.71 Å². The Morgan fingerprint density at radius 3 is 2.94 bits per heavy atom. The van der Waals surface area contributed by atoms with Crippen molar-refractivity contribution in [3.8, 4) is 6.07 Å². The smallest absolute Gasteiger partial charge is 0.243 e. The summed E-state index contributed by atoms with van der Waals surface area (Å²) in [5.41, 5.74) is -0.129. The van der Waals surface area contributed by atoms with Gasteiger partial charge in [0.15, 0.2) is 5.69 Å². The van der Waals surface area contributed by atoms with E-state index in [1.165, 1.54) is 18.3 Å². The predicted octanol–water partition coefficient (Wildman–Crippen LogP) is 1.14. The van der Waals surface area contributed by atoms with Crippen molar-refractivity contribution in [2.45, 2.75) is 4.90 Å². The molecule has 84 valence electrons. The van der Waals surface area contributed by atoms with Crippen molar-refractivity contribution in [1.29, 1.82) is 5.26 Å². The summed E-state index contributed by atoms with van der Waals surface area (Å²) in [7, 11) is -3.72. The largest absolute Gasteiger partial charge is 0.244 e. The van der Waals surface area contributed by atoms with Crippen LogP contribution in [0.4, 0.5) is 0 Å². The third-order valence-electron chi connectivity index (χ3n) is 1.62. The molecule has 0 amide bonds. The van der Waals surface area contributed by atoms with E-state index in [0.717, 1.165) is 0 Å². The van der Waals surface area contributed by atoms with Crippen LogP contribution in [0.3, 0.4) is 0 Å². The van der Waals surface area contributed by atoms with Gasteiger partial charge in [-0.05, 0) is 12.1 Å². The van der Waals surface area contributed by atoms with Gasteiger partial charge in [0.1, 0.15) is 11.0 Å². The van der Waals surface area contributed by atoms with Crippen LogP contribution < -0.4 is 4.72 Å². The van der Waals surface area contributed by atoms with Crippen molar-refractivity contribution in [3.05, 3.63) is 35.1 Å². The summed E-state index contributed by atoms with van der Waals surface area (Å²) in [4.78, 5) is 3.54. The molecule has 0 unspecified atom stereocenters. The summed E-state index contributed by atoms with van der Waals surface area (Å²) in [6, 6.07) is 4.51. The van der Waals surface area contributed by atoms with Crippen LogP contribution in [0.1, 0.15) is 5.69 Å². The number of pyridine rings is 1. The molecule has 0 aliphatic rings. The van der Waals surface area contributed by atoms with Gasteiger partial charge in [0.2, 0.25) is 10.0 Å². The molecule has 1 aromatic heterocycles. The van der Waals surface area contributed by atoms with Crippen LogP contribution in [0.5, 0.6) is 0 Å². The molecule has 0 saturated heterocycles. The van der Waals surface area contributed by atoms with Crippen molar-refractivity contribution in [2.24, 2.45) is 0 Å². The van der Waals surface area contributed by atoms with E-state index in [9.17, 15) is 8.42 Å². The molecule has 1 aromatic rings. The Labute approximate surface area is 102 Å².